The molecule has 1 saturated carbocycles. The number of nitrogens with one attached hydrogen (secondary N) is 2. The Balaban J connectivity index is 1.16. The first kappa shape index (κ1) is 20.9. The van der Waals surface area contributed by atoms with E-state index in [9.17, 15) is 9.59 Å². The maximum absolute atomic E-state index is 12.0. The zero-order valence-corrected chi connectivity index (χ0v) is 18.3. The van der Waals surface area contributed by atoms with E-state index in [1.54, 1.807) is 4.57 Å². The summed E-state index contributed by atoms with van der Waals surface area (Å²) in [7, 11) is 0. The Kier molecular flexibility index (Phi) is 7.06. The van der Waals surface area contributed by atoms with Gasteiger partial charge >= 0.3 is 11.7 Å². The summed E-state index contributed by atoms with van der Waals surface area (Å²) in [4.78, 5) is 26.9. The lowest BCUT2D eigenvalue weighted by atomic mass is 9.96. The second-order valence-corrected chi connectivity index (χ2v) is 9.51. The van der Waals surface area contributed by atoms with Crippen LogP contribution in [0.15, 0.2) is 33.4 Å². The van der Waals surface area contributed by atoms with Gasteiger partial charge in [0.25, 0.3) is 0 Å². The number of carbonyl (C=O) groups is 1. The van der Waals surface area contributed by atoms with Crippen LogP contribution < -0.4 is 11.0 Å². The Hall–Kier alpha value is -2.33. The quantitative estimate of drug-likeness (QED) is 0.293. The van der Waals surface area contributed by atoms with Gasteiger partial charge in [-0.05, 0) is 31.4 Å². The normalized spacial score (nSPS) is 14.8. The lowest BCUT2D eigenvalue weighted by Gasteiger charge is -2.21. The summed E-state index contributed by atoms with van der Waals surface area (Å²) in [6, 6.07) is 8.03. The molecule has 8 nitrogen and oxygen atoms in total. The third-order valence-corrected chi connectivity index (χ3v) is 7.08. The number of nitrogens with zero attached hydrogens (tertiary/aromatic N) is 3. The Morgan fingerprint density at radius 3 is 2.97 bits per heavy atom. The highest BCUT2D eigenvalue weighted by molar-refractivity contribution is 8.01. The molecule has 0 amide bonds. The summed E-state index contributed by atoms with van der Waals surface area (Å²) >= 11 is 2.82. The topological polar surface area (TPSA) is 102 Å². The summed E-state index contributed by atoms with van der Waals surface area (Å²) in [5.74, 6) is -0.0891. The number of fused-ring (bicyclic) bond motifs is 1. The fourth-order valence-electron chi connectivity index (χ4n) is 3.65. The molecule has 1 aliphatic carbocycles. The molecule has 0 saturated heterocycles. The molecule has 3 aromatic rings. The number of ether oxygens (including phenoxy) is 1. The number of hydrogen-bond donors (Lipinski definition) is 2. The van der Waals surface area contributed by atoms with E-state index in [0.29, 0.717) is 19.0 Å². The van der Waals surface area contributed by atoms with Gasteiger partial charge in [-0.3, -0.25) is 9.36 Å². The molecule has 30 heavy (non-hydrogen) atoms. The van der Waals surface area contributed by atoms with E-state index in [1.807, 2.05) is 24.3 Å². The average Bonchev–Trinajstić information content (AvgIpc) is 3.34. The predicted molar refractivity (Wildman–Crippen MR) is 119 cm³/mol. The average molecular weight is 448 g/mol. The van der Waals surface area contributed by atoms with Gasteiger partial charge in [0.15, 0.2) is 4.34 Å². The summed E-state index contributed by atoms with van der Waals surface area (Å²) in [5, 5.41) is 12.6. The number of hydrogen-bond acceptors (Lipinski definition) is 8. The summed E-state index contributed by atoms with van der Waals surface area (Å²) in [6.07, 6.45) is 6.78. The molecule has 0 atom stereocenters. The van der Waals surface area contributed by atoms with Gasteiger partial charge in [0, 0.05) is 12.6 Å². The van der Waals surface area contributed by atoms with Crippen molar-refractivity contribution >= 4 is 45.2 Å². The van der Waals surface area contributed by atoms with Gasteiger partial charge in [-0.2, -0.15) is 0 Å². The zero-order valence-electron chi connectivity index (χ0n) is 16.6. The van der Waals surface area contributed by atoms with Crippen molar-refractivity contribution in [2.75, 3.05) is 17.7 Å². The minimum Gasteiger partial charge on any atom is -0.465 e. The number of imidazole rings is 1. The number of benzene rings is 1. The van der Waals surface area contributed by atoms with Crippen LogP contribution in [-0.2, 0) is 16.1 Å². The van der Waals surface area contributed by atoms with Crippen molar-refractivity contribution in [1.82, 2.24) is 19.7 Å². The van der Waals surface area contributed by atoms with Gasteiger partial charge < -0.3 is 15.0 Å². The number of thioether (sulfide) groups is 1. The third kappa shape index (κ3) is 5.42. The molecule has 1 aromatic carbocycles. The highest BCUT2D eigenvalue weighted by atomic mass is 32.2. The number of aryl methyl sites for hydroxylation is 1. The molecule has 4 rings (SSSR count). The number of esters is 1. The van der Waals surface area contributed by atoms with Crippen molar-refractivity contribution < 1.29 is 9.53 Å². The molecule has 0 bridgehead atoms. The van der Waals surface area contributed by atoms with Crippen LogP contribution in [-0.4, -0.2) is 44.1 Å². The Bertz CT molecular complexity index is 1040. The van der Waals surface area contributed by atoms with E-state index in [2.05, 4.69) is 20.5 Å². The van der Waals surface area contributed by atoms with Gasteiger partial charge in [-0.15, -0.1) is 10.2 Å². The molecule has 10 heteroatoms. The lowest BCUT2D eigenvalue weighted by molar-refractivity contribution is -0.140. The molecule has 1 fully saturated rings. The second kappa shape index (κ2) is 10.1. The molecular formula is C20H25N5O3S2. The van der Waals surface area contributed by atoms with Crippen molar-refractivity contribution in [2.45, 2.75) is 55.5 Å². The van der Waals surface area contributed by atoms with Crippen molar-refractivity contribution in [3.63, 3.8) is 0 Å². The molecular weight excluding hydrogens is 422 g/mol. The standard InChI is InChI=1S/C20H25N5O3S2/c26-17(13-29-20-24-23-18(30-20)21-14-7-2-1-3-8-14)28-12-6-11-25-16-10-5-4-9-15(16)22-19(25)27/h4-5,9-10,14H,1-3,6-8,11-13H2,(H,21,23)(H,22,27). The van der Waals surface area contributed by atoms with E-state index in [-0.39, 0.29) is 24.0 Å². The molecule has 2 heterocycles. The monoisotopic (exact) mass is 447 g/mol. The van der Waals surface area contributed by atoms with Gasteiger partial charge in [0.1, 0.15) is 0 Å². The van der Waals surface area contributed by atoms with E-state index >= 15 is 0 Å². The molecule has 2 aromatic heterocycles. The first-order chi connectivity index (χ1) is 14.7. The van der Waals surface area contributed by atoms with Crippen molar-refractivity contribution in [3.05, 3.63) is 34.7 Å². The van der Waals surface area contributed by atoms with Crippen molar-refractivity contribution in [3.8, 4) is 0 Å². The number of aromatic nitrogens is 4. The van der Waals surface area contributed by atoms with E-state index in [0.717, 1.165) is 20.5 Å². The molecule has 0 aliphatic heterocycles. The molecule has 1 aliphatic rings. The number of H-pyrrole nitrogens is 1. The van der Waals surface area contributed by atoms with E-state index in [1.165, 1.54) is 55.2 Å². The van der Waals surface area contributed by atoms with Crippen LogP contribution >= 0.6 is 23.1 Å². The van der Waals surface area contributed by atoms with Gasteiger partial charge in [0.2, 0.25) is 5.13 Å². The maximum atomic E-state index is 12.0. The second-order valence-electron chi connectivity index (χ2n) is 7.31. The Morgan fingerprint density at radius 2 is 2.10 bits per heavy atom. The van der Waals surface area contributed by atoms with E-state index in [4.69, 9.17) is 4.74 Å². The van der Waals surface area contributed by atoms with Crippen LogP contribution in [0.1, 0.15) is 38.5 Å². The summed E-state index contributed by atoms with van der Waals surface area (Å²) in [6.45, 7) is 0.770. The molecule has 0 radical (unpaired) electrons. The van der Waals surface area contributed by atoms with Crippen LogP contribution in [0.3, 0.4) is 0 Å². The van der Waals surface area contributed by atoms with Crippen molar-refractivity contribution in [2.24, 2.45) is 0 Å². The molecule has 0 unspecified atom stereocenters. The Labute approximate surface area is 182 Å². The molecule has 2 N–H and O–H groups in total. The minimum absolute atomic E-state index is 0.146. The first-order valence-corrected chi connectivity index (χ1v) is 12.1. The summed E-state index contributed by atoms with van der Waals surface area (Å²) in [5.41, 5.74) is 1.52. The molecule has 160 valence electrons. The maximum Gasteiger partial charge on any atom is 0.326 e. The van der Waals surface area contributed by atoms with Crippen LogP contribution in [0, 0.1) is 0 Å². The first-order valence-electron chi connectivity index (χ1n) is 10.2. The number of carbonyl (C=O) groups excluding carboxylic acids is 1. The fraction of sp³-hybridized carbons (Fsp3) is 0.500. The third-order valence-electron chi connectivity index (χ3n) is 5.12. The van der Waals surface area contributed by atoms with Crippen LogP contribution in [0.2, 0.25) is 0 Å². The van der Waals surface area contributed by atoms with Crippen molar-refractivity contribution in [1.29, 1.82) is 0 Å². The van der Waals surface area contributed by atoms with E-state index < -0.39 is 0 Å². The van der Waals surface area contributed by atoms with Crippen LogP contribution in [0.25, 0.3) is 11.0 Å². The SMILES string of the molecule is O=C(CSc1nnc(NC2CCCCC2)s1)OCCCn1c(=O)[nH]c2ccccc21. The fourth-order valence-corrected chi connectivity index (χ4v) is 5.27. The number of para-hydroxylation sites is 2. The summed E-state index contributed by atoms with van der Waals surface area (Å²) < 4.78 is 7.72. The molecule has 0 spiro atoms. The van der Waals surface area contributed by atoms with Gasteiger partial charge in [-0.25, -0.2) is 4.79 Å². The lowest BCUT2D eigenvalue weighted by Crippen LogP contribution is -2.21. The van der Waals surface area contributed by atoms with Gasteiger partial charge in [-0.1, -0.05) is 54.5 Å². The number of aromatic amines is 1. The number of anilines is 1. The van der Waals surface area contributed by atoms with Crippen LogP contribution in [0.5, 0.6) is 0 Å². The smallest absolute Gasteiger partial charge is 0.326 e. The van der Waals surface area contributed by atoms with Gasteiger partial charge in [0.05, 0.1) is 23.4 Å². The zero-order chi connectivity index (χ0) is 20.8. The highest BCUT2D eigenvalue weighted by Crippen LogP contribution is 2.28. The minimum atomic E-state index is -0.289. The Morgan fingerprint density at radius 1 is 1.27 bits per heavy atom. The number of rotatable bonds is 9. The van der Waals surface area contributed by atoms with Crippen LogP contribution in [0.4, 0.5) is 5.13 Å². The largest absolute Gasteiger partial charge is 0.465 e. The highest BCUT2D eigenvalue weighted by Gasteiger charge is 2.16. The predicted octanol–water partition coefficient (Wildman–Crippen LogP) is 3.65.